The van der Waals surface area contributed by atoms with Gasteiger partial charge in [-0.2, -0.15) is 13.2 Å². The molecule has 3 nitrogen and oxygen atoms in total. The zero-order chi connectivity index (χ0) is 14.8. The molecule has 0 spiro atoms. The largest absolute Gasteiger partial charge is 0.391 e. The first-order valence-corrected chi connectivity index (χ1v) is 6.67. The van der Waals surface area contributed by atoms with E-state index in [0.29, 0.717) is 18.5 Å². The lowest BCUT2D eigenvalue weighted by molar-refractivity contribution is -0.183. The maximum Gasteiger partial charge on any atom is 0.391 e. The maximum absolute atomic E-state index is 12.7. The van der Waals surface area contributed by atoms with Crippen LogP contribution in [0.2, 0.25) is 0 Å². The van der Waals surface area contributed by atoms with E-state index >= 15 is 0 Å². The van der Waals surface area contributed by atoms with Gasteiger partial charge in [-0.3, -0.25) is 4.79 Å². The Bertz CT molecular complexity index is 488. The number of hydrogen-bond acceptors (Lipinski definition) is 2. The van der Waals surface area contributed by atoms with Gasteiger partial charge in [0.1, 0.15) is 5.69 Å². The van der Waals surface area contributed by atoms with Crippen molar-refractivity contribution in [3.05, 3.63) is 29.6 Å². The van der Waals surface area contributed by atoms with Crippen LogP contribution in [0.25, 0.3) is 0 Å². The summed E-state index contributed by atoms with van der Waals surface area (Å²) in [6, 6.07) is 4.60. The summed E-state index contributed by atoms with van der Waals surface area (Å²) in [7, 11) is 0. The van der Waals surface area contributed by atoms with Gasteiger partial charge in [0.2, 0.25) is 0 Å². The summed E-state index contributed by atoms with van der Waals surface area (Å²) < 4.78 is 38.1. The van der Waals surface area contributed by atoms with Gasteiger partial charge in [-0.05, 0) is 38.3 Å². The molecule has 0 saturated heterocycles. The first-order chi connectivity index (χ1) is 9.36. The van der Waals surface area contributed by atoms with Crippen LogP contribution in [0.3, 0.4) is 0 Å². The number of carbonyl (C=O) groups excluding carboxylic acids is 1. The van der Waals surface area contributed by atoms with Crippen molar-refractivity contribution in [1.29, 1.82) is 0 Å². The lowest BCUT2D eigenvalue weighted by atomic mass is 9.85. The molecular weight excluding hydrogens is 269 g/mol. The highest BCUT2D eigenvalue weighted by atomic mass is 19.4. The lowest BCUT2D eigenvalue weighted by Gasteiger charge is -2.30. The third-order valence-corrected chi connectivity index (χ3v) is 3.59. The smallest absolute Gasteiger partial charge is 0.348 e. The number of halogens is 3. The summed E-state index contributed by atoms with van der Waals surface area (Å²) in [6.45, 7) is 1.76. The number of carbonyl (C=O) groups is 1. The molecule has 2 rings (SSSR count). The molecule has 1 aromatic heterocycles. The Morgan fingerprint density at radius 2 is 2.10 bits per heavy atom. The molecule has 1 saturated carbocycles. The van der Waals surface area contributed by atoms with Crippen molar-refractivity contribution in [3.8, 4) is 0 Å². The van der Waals surface area contributed by atoms with E-state index in [1.54, 1.807) is 25.1 Å². The van der Waals surface area contributed by atoms with Gasteiger partial charge in [0.25, 0.3) is 5.91 Å². The number of hydrogen-bond donors (Lipinski definition) is 1. The second-order valence-electron chi connectivity index (χ2n) is 5.24. The Morgan fingerprint density at radius 3 is 2.75 bits per heavy atom. The quantitative estimate of drug-likeness (QED) is 0.907. The highest BCUT2D eigenvalue weighted by Crippen LogP contribution is 2.37. The standard InChI is InChI=1S/C14H17F3N2O/c1-9-4-2-7-12(18-9)13(20)19-11-6-3-5-10(8-11)14(15,16)17/h2,4,7,10-11H,3,5-6,8H2,1H3,(H,19,20). The normalized spacial score (nSPS) is 23.4. The SMILES string of the molecule is Cc1cccc(C(=O)NC2CCCC(C(F)(F)F)C2)n1. The van der Waals surface area contributed by atoms with Crippen molar-refractivity contribution < 1.29 is 18.0 Å². The highest BCUT2D eigenvalue weighted by Gasteiger charge is 2.42. The topological polar surface area (TPSA) is 42.0 Å². The number of nitrogens with one attached hydrogen (secondary N) is 1. The van der Waals surface area contributed by atoms with Gasteiger partial charge in [-0.15, -0.1) is 0 Å². The van der Waals surface area contributed by atoms with E-state index in [9.17, 15) is 18.0 Å². The molecule has 0 aliphatic heterocycles. The fraction of sp³-hybridized carbons (Fsp3) is 0.571. The first-order valence-electron chi connectivity index (χ1n) is 6.67. The zero-order valence-electron chi connectivity index (χ0n) is 11.2. The zero-order valence-corrected chi connectivity index (χ0v) is 11.2. The third-order valence-electron chi connectivity index (χ3n) is 3.59. The number of nitrogens with zero attached hydrogens (tertiary/aromatic N) is 1. The molecule has 2 atom stereocenters. The van der Waals surface area contributed by atoms with Crippen molar-refractivity contribution >= 4 is 5.91 Å². The molecule has 1 heterocycles. The van der Waals surface area contributed by atoms with E-state index < -0.39 is 24.0 Å². The predicted octanol–water partition coefficient (Wildman–Crippen LogP) is 3.24. The van der Waals surface area contributed by atoms with Crippen molar-refractivity contribution in [3.63, 3.8) is 0 Å². The average molecular weight is 286 g/mol. The van der Waals surface area contributed by atoms with E-state index in [1.807, 2.05) is 0 Å². The van der Waals surface area contributed by atoms with Crippen LogP contribution in [0.5, 0.6) is 0 Å². The number of amides is 1. The maximum atomic E-state index is 12.7. The number of aromatic nitrogens is 1. The van der Waals surface area contributed by atoms with Crippen LogP contribution in [-0.2, 0) is 0 Å². The molecular formula is C14H17F3N2O. The van der Waals surface area contributed by atoms with Crippen LogP contribution in [0.4, 0.5) is 13.2 Å². The molecule has 110 valence electrons. The minimum atomic E-state index is -4.18. The summed E-state index contributed by atoms with van der Waals surface area (Å²) in [5.41, 5.74) is 0.952. The Balaban J connectivity index is 1.98. The first kappa shape index (κ1) is 14.8. The molecule has 0 aromatic carbocycles. The van der Waals surface area contributed by atoms with Gasteiger partial charge in [0.15, 0.2) is 0 Å². The fourth-order valence-electron chi connectivity index (χ4n) is 2.55. The molecule has 1 fully saturated rings. The van der Waals surface area contributed by atoms with E-state index in [2.05, 4.69) is 10.3 Å². The lowest BCUT2D eigenvalue weighted by Crippen LogP contribution is -2.41. The Hall–Kier alpha value is -1.59. The van der Waals surface area contributed by atoms with Gasteiger partial charge in [0.05, 0.1) is 5.92 Å². The van der Waals surface area contributed by atoms with Crippen LogP contribution in [-0.4, -0.2) is 23.1 Å². The predicted molar refractivity (Wildman–Crippen MR) is 68.2 cm³/mol. The van der Waals surface area contributed by atoms with Crippen LogP contribution < -0.4 is 5.32 Å². The molecule has 0 bridgehead atoms. The van der Waals surface area contributed by atoms with Crippen molar-refractivity contribution in [2.24, 2.45) is 5.92 Å². The molecule has 1 amide bonds. The van der Waals surface area contributed by atoms with Crippen LogP contribution in [0.1, 0.15) is 41.9 Å². The number of aryl methyl sites for hydroxylation is 1. The van der Waals surface area contributed by atoms with Crippen molar-refractivity contribution in [2.75, 3.05) is 0 Å². The summed E-state index contributed by atoms with van der Waals surface area (Å²) in [5, 5.41) is 2.66. The molecule has 6 heteroatoms. The minimum Gasteiger partial charge on any atom is -0.348 e. The molecule has 2 unspecified atom stereocenters. The number of pyridine rings is 1. The van der Waals surface area contributed by atoms with Crippen LogP contribution >= 0.6 is 0 Å². The molecule has 20 heavy (non-hydrogen) atoms. The third kappa shape index (κ3) is 3.71. The van der Waals surface area contributed by atoms with Gasteiger partial charge in [0, 0.05) is 11.7 Å². The molecule has 1 aromatic rings. The summed E-state index contributed by atoms with van der Waals surface area (Å²) in [4.78, 5) is 16.0. The molecule has 1 aliphatic rings. The van der Waals surface area contributed by atoms with Gasteiger partial charge < -0.3 is 5.32 Å². The second-order valence-corrected chi connectivity index (χ2v) is 5.24. The van der Waals surface area contributed by atoms with E-state index in [1.165, 1.54) is 0 Å². The van der Waals surface area contributed by atoms with Gasteiger partial charge in [-0.25, -0.2) is 4.98 Å². The van der Waals surface area contributed by atoms with Gasteiger partial charge in [-0.1, -0.05) is 12.5 Å². The van der Waals surface area contributed by atoms with E-state index in [-0.39, 0.29) is 18.5 Å². The van der Waals surface area contributed by atoms with E-state index in [0.717, 1.165) is 0 Å². The summed E-state index contributed by atoms with van der Waals surface area (Å²) >= 11 is 0. The van der Waals surface area contributed by atoms with Crippen LogP contribution in [0.15, 0.2) is 18.2 Å². The van der Waals surface area contributed by atoms with Gasteiger partial charge >= 0.3 is 6.18 Å². The highest BCUT2D eigenvalue weighted by molar-refractivity contribution is 5.92. The monoisotopic (exact) mass is 286 g/mol. The summed E-state index contributed by atoms with van der Waals surface area (Å²) in [6.07, 6.45) is -2.99. The molecule has 1 N–H and O–H groups in total. The fourth-order valence-corrected chi connectivity index (χ4v) is 2.55. The van der Waals surface area contributed by atoms with Crippen LogP contribution in [0, 0.1) is 12.8 Å². The Labute approximate surface area is 115 Å². The number of rotatable bonds is 2. The van der Waals surface area contributed by atoms with E-state index in [4.69, 9.17) is 0 Å². The Kier molecular flexibility index (Phi) is 4.30. The molecule has 1 aliphatic carbocycles. The minimum absolute atomic E-state index is 0.0406. The molecule has 0 radical (unpaired) electrons. The number of alkyl halides is 3. The Morgan fingerprint density at radius 1 is 1.35 bits per heavy atom. The average Bonchev–Trinajstić information content (AvgIpc) is 2.38. The second kappa shape index (κ2) is 5.81. The van der Waals surface area contributed by atoms with Crippen molar-refractivity contribution in [2.45, 2.75) is 44.8 Å². The summed E-state index contributed by atoms with van der Waals surface area (Å²) in [5.74, 6) is -1.71. The van der Waals surface area contributed by atoms with Crippen molar-refractivity contribution in [1.82, 2.24) is 10.3 Å².